The number of rotatable bonds is 0. The van der Waals surface area contributed by atoms with Crippen LogP contribution in [0.1, 0.15) is 24.0 Å². The number of guanidine groups is 1. The van der Waals surface area contributed by atoms with Crippen molar-refractivity contribution in [3.05, 3.63) is 33.8 Å². The van der Waals surface area contributed by atoms with Gasteiger partial charge in [0, 0.05) is 11.5 Å². The summed E-state index contributed by atoms with van der Waals surface area (Å²) in [5.41, 5.74) is 7.23. The van der Waals surface area contributed by atoms with Crippen molar-refractivity contribution in [1.29, 1.82) is 0 Å². The minimum atomic E-state index is -0.782. The van der Waals surface area contributed by atoms with Gasteiger partial charge in [-0.1, -0.05) is 22.0 Å². The average Bonchev–Trinajstić information content (AvgIpc) is 2.56. The molecule has 0 aromatic heterocycles. The number of hydrogen-bond donors (Lipinski definition) is 1. The zero-order valence-corrected chi connectivity index (χ0v) is 11.7. The molecule has 1 aliphatic carbocycles. The topological polar surface area (TPSA) is 58.7 Å². The predicted molar refractivity (Wildman–Crippen MR) is 73.2 cm³/mol. The predicted octanol–water partition coefficient (Wildman–Crippen LogP) is 1.77. The molecule has 0 radical (unpaired) electrons. The second-order valence-corrected chi connectivity index (χ2v) is 5.77. The number of hydrogen-bond acceptors (Lipinski definition) is 3. The molecule has 3 rings (SSSR count). The Balaban J connectivity index is 2.22. The summed E-state index contributed by atoms with van der Waals surface area (Å²) in [5.74, 6) is 0.298. The molecule has 1 aliphatic heterocycles. The van der Waals surface area contributed by atoms with Crippen LogP contribution in [0.25, 0.3) is 0 Å². The van der Waals surface area contributed by atoms with Gasteiger partial charge in [-0.2, -0.15) is 0 Å². The number of aliphatic imine (C=N–C) groups is 1. The monoisotopic (exact) mass is 307 g/mol. The fourth-order valence-corrected chi connectivity index (χ4v) is 3.22. The van der Waals surface area contributed by atoms with E-state index in [-0.39, 0.29) is 5.91 Å². The van der Waals surface area contributed by atoms with E-state index < -0.39 is 5.54 Å². The minimum Gasteiger partial charge on any atom is -0.369 e. The van der Waals surface area contributed by atoms with Crippen LogP contribution in [0.5, 0.6) is 0 Å². The smallest absolute Gasteiger partial charge is 0.261 e. The summed E-state index contributed by atoms with van der Waals surface area (Å²) in [6.07, 6.45) is 2.70. The van der Waals surface area contributed by atoms with Gasteiger partial charge in [-0.05, 0) is 42.5 Å². The SMILES string of the molecule is CN1C(=O)C2(CCCc3ccc(Br)cc32)N=C1N. The van der Waals surface area contributed by atoms with Crippen molar-refractivity contribution >= 4 is 27.8 Å². The van der Waals surface area contributed by atoms with Crippen molar-refractivity contribution in [2.45, 2.75) is 24.8 Å². The van der Waals surface area contributed by atoms with E-state index in [1.54, 1.807) is 7.05 Å². The highest BCUT2D eigenvalue weighted by Crippen LogP contribution is 2.43. The van der Waals surface area contributed by atoms with E-state index in [1.807, 2.05) is 12.1 Å². The summed E-state index contributed by atoms with van der Waals surface area (Å²) in [6.45, 7) is 0. The Morgan fingerprint density at radius 3 is 2.94 bits per heavy atom. The van der Waals surface area contributed by atoms with E-state index in [4.69, 9.17) is 5.73 Å². The van der Waals surface area contributed by atoms with Crippen molar-refractivity contribution in [2.24, 2.45) is 10.7 Å². The summed E-state index contributed by atoms with van der Waals surface area (Å²) in [7, 11) is 1.68. The second-order valence-electron chi connectivity index (χ2n) is 4.85. The molecule has 18 heavy (non-hydrogen) atoms. The number of carbonyl (C=O) groups is 1. The fraction of sp³-hybridized carbons (Fsp3) is 0.385. The van der Waals surface area contributed by atoms with E-state index in [1.165, 1.54) is 10.5 Å². The molecule has 1 atom stereocenters. The van der Waals surface area contributed by atoms with Crippen molar-refractivity contribution in [1.82, 2.24) is 4.90 Å². The van der Waals surface area contributed by atoms with Crippen LogP contribution in [0.15, 0.2) is 27.7 Å². The summed E-state index contributed by atoms with van der Waals surface area (Å²) in [4.78, 5) is 18.4. The fourth-order valence-electron chi connectivity index (χ4n) is 2.86. The Kier molecular flexibility index (Phi) is 2.48. The number of benzene rings is 1. The summed E-state index contributed by atoms with van der Waals surface area (Å²) < 4.78 is 0.971. The van der Waals surface area contributed by atoms with Gasteiger partial charge >= 0.3 is 0 Å². The maximum Gasteiger partial charge on any atom is 0.261 e. The zero-order valence-electron chi connectivity index (χ0n) is 10.1. The lowest BCUT2D eigenvalue weighted by atomic mass is 9.76. The normalized spacial score (nSPS) is 26.4. The second kappa shape index (κ2) is 3.82. The van der Waals surface area contributed by atoms with Crippen molar-refractivity contribution in [2.75, 3.05) is 7.05 Å². The summed E-state index contributed by atoms with van der Waals surface area (Å²) in [6, 6.07) is 6.08. The van der Waals surface area contributed by atoms with Gasteiger partial charge < -0.3 is 5.73 Å². The molecule has 4 nitrogen and oxygen atoms in total. The Hall–Kier alpha value is -1.36. The van der Waals surface area contributed by atoms with Gasteiger partial charge in [0.05, 0.1) is 0 Å². The molecular formula is C13H14BrN3O. The lowest BCUT2D eigenvalue weighted by molar-refractivity contribution is -0.131. The molecule has 0 fully saturated rings. The number of aryl methyl sites for hydroxylation is 1. The molecule has 1 amide bonds. The number of nitrogens with two attached hydrogens (primary N) is 1. The molecule has 94 valence electrons. The molecule has 1 unspecified atom stereocenters. The highest BCUT2D eigenvalue weighted by molar-refractivity contribution is 9.10. The number of halogens is 1. The first kappa shape index (κ1) is 11.7. The van der Waals surface area contributed by atoms with Crippen molar-refractivity contribution < 1.29 is 4.79 Å². The highest BCUT2D eigenvalue weighted by Gasteiger charge is 2.49. The van der Waals surface area contributed by atoms with Crippen molar-refractivity contribution in [3.63, 3.8) is 0 Å². The molecule has 1 spiro atoms. The van der Waals surface area contributed by atoms with Crippen molar-refractivity contribution in [3.8, 4) is 0 Å². The molecule has 0 saturated heterocycles. The summed E-state index contributed by atoms with van der Waals surface area (Å²) in [5, 5.41) is 0. The molecule has 2 aliphatic rings. The van der Waals surface area contributed by atoms with E-state index >= 15 is 0 Å². The van der Waals surface area contributed by atoms with Gasteiger partial charge in [0.1, 0.15) is 0 Å². The van der Waals surface area contributed by atoms with Crippen LogP contribution in [0.3, 0.4) is 0 Å². The van der Waals surface area contributed by atoms with E-state index in [0.29, 0.717) is 5.96 Å². The molecule has 1 aromatic rings. The number of carbonyl (C=O) groups excluding carboxylic acids is 1. The van der Waals surface area contributed by atoms with E-state index in [0.717, 1.165) is 29.3 Å². The largest absolute Gasteiger partial charge is 0.369 e. The molecule has 0 saturated carbocycles. The van der Waals surface area contributed by atoms with E-state index in [2.05, 4.69) is 27.0 Å². The molecule has 1 aromatic carbocycles. The maximum absolute atomic E-state index is 12.5. The third kappa shape index (κ3) is 1.43. The van der Waals surface area contributed by atoms with E-state index in [9.17, 15) is 4.79 Å². The van der Waals surface area contributed by atoms with Crippen LogP contribution < -0.4 is 5.73 Å². The minimum absolute atomic E-state index is 0.0148. The van der Waals surface area contributed by atoms with Gasteiger partial charge in [-0.15, -0.1) is 0 Å². The third-order valence-corrected chi connectivity index (χ3v) is 4.30. The standard InChI is InChI=1S/C13H14BrN3O/c1-17-11(18)13(16-12(17)15)6-2-3-8-4-5-9(14)7-10(8)13/h4-5,7H,2-3,6H2,1H3,(H2,15,16). The Morgan fingerprint density at radius 1 is 1.50 bits per heavy atom. The van der Waals surface area contributed by atoms with Crippen LogP contribution in [0, 0.1) is 0 Å². The van der Waals surface area contributed by atoms with Crippen LogP contribution >= 0.6 is 15.9 Å². The van der Waals surface area contributed by atoms with Gasteiger partial charge in [-0.3, -0.25) is 9.69 Å². The third-order valence-electron chi connectivity index (χ3n) is 3.81. The van der Waals surface area contributed by atoms with Crippen LogP contribution in [-0.2, 0) is 16.8 Å². The molecule has 0 bridgehead atoms. The number of fused-ring (bicyclic) bond motifs is 2. The first-order valence-electron chi connectivity index (χ1n) is 5.97. The number of likely N-dealkylation sites (N-methyl/N-ethyl adjacent to an activating group) is 1. The van der Waals surface area contributed by atoms with Crippen LogP contribution in [0.2, 0.25) is 0 Å². The van der Waals surface area contributed by atoms with Crippen LogP contribution in [0.4, 0.5) is 0 Å². The highest BCUT2D eigenvalue weighted by atomic mass is 79.9. The lowest BCUT2D eigenvalue weighted by Crippen LogP contribution is -2.42. The van der Waals surface area contributed by atoms with Gasteiger partial charge in [0.15, 0.2) is 11.5 Å². The molecule has 2 N–H and O–H groups in total. The Bertz CT molecular complexity index is 569. The Morgan fingerprint density at radius 2 is 2.28 bits per heavy atom. The molecule has 5 heteroatoms. The Labute approximate surface area is 114 Å². The first-order chi connectivity index (χ1) is 8.54. The lowest BCUT2D eigenvalue weighted by Gasteiger charge is -2.31. The van der Waals surface area contributed by atoms with Gasteiger partial charge in [0.25, 0.3) is 5.91 Å². The van der Waals surface area contributed by atoms with Crippen LogP contribution in [-0.4, -0.2) is 23.8 Å². The molecular weight excluding hydrogens is 294 g/mol. The number of nitrogens with zero attached hydrogens (tertiary/aromatic N) is 2. The first-order valence-corrected chi connectivity index (χ1v) is 6.76. The molecule has 1 heterocycles. The average molecular weight is 308 g/mol. The quantitative estimate of drug-likeness (QED) is 0.794. The van der Waals surface area contributed by atoms with Gasteiger partial charge in [0.2, 0.25) is 0 Å². The zero-order chi connectivity index (χ0) is 12.9. The number of amides is 1. The maximum atomic E-state index is 12.5. The van der Waals surface area contributed by atoms with Gasteiger partial charge in [-0.25, -0.2) is 4.99 Å². The summed E-state index contributed by atoms with van der Waals surface area (Å²) >= 11 is 3.47.